The van der Waals surface area contributed by atoms with Crippen molar-refractivity contribution < 1.29 is 19.4 Å². The van der Waals surface area contributed by atoms with E-state index in [4.69, 9.17) is 27.9 Å². The molecule has 3 heterocycles. The molecule has 0 bridgehead atoms. The van der Waals surface area contributed by atoms with E-state index in [1.54, 1.807) is 42.7 Å². The summed E-state index contributed by atoms with van der Waals surface area (Å²) in [6.45, 7) is 0.0647. The number of ketones is 1. The lowest BCUT2D eigenvalue weighted by Gasteiger charge is -2.25. The summed E-state index contributed by atoms with van der Waals surface area (Å²) in [6, 6.07) is 10.7. The van der Waals surface area contributed by atoms with Gasteiger partial charge in [-0.1, -0.05) is 35.3 Å². The Kier molecular flexibility index (Phi) is 6.12. The molecule has 1 aromatic carbocycles. The average molecular weight is 470 g/mol. The van der Waals surface area contributed by atoms with Gasteiger partial charge in [-0.2, -0.15) is 0 Å². The number of methoxy groups -OCH3 is 1. The molecular formula is C23H17Cl2N3O4. The first-order valence-corrected chi connectivity index (χ1v) is 10.3. The van der Waals surface area contributed by atoms with Gasteiger partial charge in [-0.05, 0) is 35.9 Å². The van der Waals surface area contributed by atoms with Crippen molar-refractivity contribution in [2.24, 2.45) is 0 Å². The largest absolute Gasteiger partial charge is 0.507 e. The number of hydrogen-bond acceptors (Lipinski definition) is 6. The van der Waals surface area contributed by atoms with Crippen LogP contribution in [0.15, 0.2) is 66.6 Å². The Bertz CT molecular complexity index is 1220. The molecule has 1 aliphatic rings. The first-order valence-electron chi connectivity index (χ1n) is 9.54. The van der Waals surface area contributed by atoms with Crippen LogP contribution in [0.1, 0.15) is 22.9 Å². The Balaban J connectivity index is 1.92. The van der Waals surface area contributed by atoms with Crippen LogP contribution in [0.2, 0.25) is 10.0 Å². The number of amides is 1. The maximum Gasteiger partial charge on any atom is 0.296 e. The van der Waals surface area contributed by atoms with Crippen LogP contribution in [0.25, 0.3) is 5.76 Å². The molecule has 3 aromatic rings. The second kappa shape index (κ2) is 8.98. The molecule has 7 nitrogen and oxygen atoms in total. The monoisotopic (exact) mass is 469 g/mol. The van der Waals surface area contributed by atoms with Crippen molar-refractivity contribution >= 4 is 40.7 Å². The topological polar surface area (TPSA) is 92.6 Å². The molecule has 0 aliphatic carbocycles. The van der Waals surface area contributed by atoms with Gasteiger partial charge in [0, 0.05) is 23.6 Å². The molecule has 1 fully saturated rings. The number of ether oxygens (including phenoxy) is 1. The van der Waals surface area contributed by atoms with Gasteiger partial charge < -0.3 is 14.7 Å². The summed E-state index contributed by atoms with van der Waals surface area (Å²) in [7, 11) is 1.38. The van der Waals surface area contributed by atoms with Crippen LogP contribution in [0.3, 0.4) is 0 Å². The molecule has 1 N–H and O–H groups in total. The quantitative estimate of drug-likeness (QED) is 0.337. The number of aromatic nitrogens is 2. The van der Waals surface area contributed by atoms with Gasteiger partial charge in [0.05, 0.1) is 41.5 Å². The lowest BCUT2D eigenvalue weighted by atomic mass is 9.96. The molecule has 32 heavy (non-hydrogen) atoms. The molecule has 1 unspecified atom stereocenters. The van der Waals surface area contributed by atoms with E-state index in [0.717, 1.165) is 0 Å². The van der Waals surface area contributed by atoms with Crippen molar-refractivity contribution in [1.29, 1.82) is 0 Å². The number of nitrogens with zero attached hydrogens (tertiary/aromatic N) is 3. The lowest BCUT2D eigenvalue weighted by molar-refractivity contribution is -0.140. The number of halogens is 2. The molecule has 0 spiro atoms. The van der Waals surface area contributed by atoms with Gasteiger partial charge in [-0.15, -0.1) is 0 Å². The number of aliphatic hydroxyl groups excluding tert-OH is 1. The van der Waals surface area contributed by atoms with Gasteiger partial charge in [0.2, 0.25) is 0 Å². The zero-order valence-corrected chi connectivity index (χ0v) is 18.3. The smallest absolute Gasteiger partial charge is 0.296 e. The molecule has 1 atom stereocenters. The van der Waals surface area contributed by atoms with Crippen molar-refractivity contribution in [2.75, 3.05) is 7.11 Å². The molecule has 9 heteroatoms. The summed E-state index contributed by atoms with van der Waals surface area (Å²) in [6.07, 6.45) is 4.72. The predicted octanol–water partition coefficient (Wildman–Crippen LogP) is 4.41. The minimum absolute atomic E-state index is 0.0647. The number of carbonyl (C=O) groups excluding carboxylic acids is 2. The highest BCUT2D eigenvalue weighted by Crippen LogP contribution is 2.43. The van der Waals surface area contributed by atoms with Crippen LogP contribution in [0, 0.1) is 0 Å². The van der Waals surface area contributed by atoms with E-state index in [0.29, 0.717) is 11.3 Å². The van der Waals surface area contributed by atoms with Crippen molar-refractivity contribution in [2.45, 2.75) is 12.6 Å². The Morgan fingerprint density at radius 1 is 1.16 bits per heavy atom. The fraction of sp³-hybridized carbons (Fsp3) is 0.130. The third kappa shape index (κ3) is 3.92. The normalized spacial score (nSPS) is 17.6. The van der Waals surface area contributed by atoms with Gasteiger partial charge in [0.15, 0.2) is 0 Å². The van der Waals surface area contributed by atoms with E-state index in [1.165, 1.54) is 30.3 Å². The van der Waals surface area contributed by atoms with Crippen LogP contribution in [0.5, 0.6) is 5.75 Å². The van der Waals surface area contributed by atoms with Crippen LogP contribution in [-0.4, -0.2) is 38.8 Å². The minimum atomic E-state index is -0.895. The molecule has 1 saturated heterocycles. The fourth-order valence-electron chi connectivity index (χ4n) is 3.68. The van der Waals surface area contributed by atoms with Crippen molar-refractivity contribution in [3.05, 3.63) is 93.5 Å². The number of rotatable bonds is 5. The number of pyridine rings is 2. The van der Waals surface area contributed by atoms with Gasteiger partial charge in [0.25, 0.3) is 11.7 Å². The fourth-order valence-corrected chi connectivity index (χ4v) is 4.25. The maximum absolute atomic E-state index is 13.1. The standard InChI is InChI=1S/C23H17Cl2N3O4/c1-32-22-16(9-14(24)10-17(22)25)20(29)18-19(13-5-4-7-26-11-13)28(23(31)21(18)30)12-15-6-2-3-8-27-15/h2-11,19,29H,12H2,1H3/b20-18+. The van der Waals surface area contributed by atoms with E-state index in [2.05, 4.69) is 9.97 Å². The SMILES string of the molecule is COc1c(Cl)cc(Cl)cc1/C(O)=C1\C(=O)C(=O)N(Cc2ccccn2)C1c1cccnc1. The average Bonchev–Trinajstić information content (AvgIpc) is 3.04. The molecule has 162 valence electrons. The zero-order valence-electron chi connectivity index (χ0n) is 16.8. The molecular weight excluding hydrogens is 453 g/mol. The van der Waals surface area contributed by atoms with Gasteiger partial charge in [-0.3, -0.25) is 19.6 Å². The maximum atomic E-state index is 13.1. The summed E-state index contributed by atoms with van der Waals surface area (Å²) in [4.78, 5) is 35.9. The number of carbonyl (C=O) groups is 2. The van der Waals surface area contributed by atoms with Gasteiger partial charge in [0.1, 0.15) is 11.5 Å². The van der Waals surface area contributed by atoms with Crippen molar-refractivity contribution in [3.63, 3.8) is 0 Å². The molecule has 1 aliphatic heterocycles. The highest BCUT2D eigenvalue weighted by Gasteiger charge is 2.46. The summed E-state index contributed by atoms with van der Waals surface area (Å²) >= 11 is 12.3. The van der Waals surface area contributed by atoms with E-state index in [1.807, 2.05) is 0 Å². The number of aliphatic hydroxyl groups is 1. The Morgan fingerprint density at radius 2 is 1.97 bits per heavy atom. The summed E-state index contributed by atoms with van der Waals surface area (Å²) in [5.41, 5.74) is 1.13. The second-order valence-electron chi connectivity index (χ2n) is 7.00. The summed E-state index contributed by atoms with van der Waals surface area (Å²) in [5.74, 6) is -1.92. The third-order valence-electron chi connectivity index (χ3n) is 5.07. The Hall–Kier alpha value is -3.42. The van der Waals surface area contributed by atoms with Crippen LogP contribution < -0.4 is 4.74 Å². The van der Waals surface area contributed by atoms with Gasteiger partial charge >= 0.3 is 0 Å². The van der Waals surface area contributed by atoms with Crippen molar-refractivity contribution in [3.8, 4) is 5.75 Å². The predicted molar refractivity (Wildman–Crippen MR) is 119 cm³/mol. The van der Waals surface area contributed by atoms with Crippen molar-refractivity contribution in [1.82, 2.24) is 14.9 Å². The first kappa shape index (κ1) is 21.8. The second-order valence-corrected chi connectivity index (χ2v) is 7.85. The van der Waals surface area contributed by atoms with Crippen LogP contribution in [0.4, 0.5) is 0 Å². The Labute approximate surface area is 193 Å². The highest BCUT2D eigenvalue weighted by molar-refractivity contribution is 6.46. The molecule has 2 aromatic heterocycles. The van der Waals surface area contributed by atoms with E-state index >= 15 is 0 Å². The zero-order chi connectivity index (χ0) is 22.8. The number of Topliss-reactive ketones (excluding diaryl/α,β-unsaturated/α-hetero) is 1. The van der Waals surface area contributed by atoms with E-state index in [-0.39, 0.29) is 33.5 Å². The highest BCUT2D eigenvalue weighted by atomic mass is 35.5. The summed E-state index contributed by atoms with van der Waals surface area (Å²) < 4.78 is 5.32. The number of hydrogen-bond donors (Lipinski definition) is 1. The lowest BCUT2D eigenvalue weighted by Crippen LogP contribution is -2.29. The van der Waals surface area contributed by atoms with Crippen LogP contribution >= 0.6 is 23.2 Å². The Morgan fingerprint density at radius 3 is 2.62 bits per heavy atom. The minimum Gasteiger partial charge on any atom is -0.507 e. The first-order chi connectivity index (χ1) is 15.4. The molecule has 0 saturated carbocycles. The number of benzene rings is 1. The van der Waals surface area contributed by atoms with Crippen LogP contribution in [-0.2, 0) is 16.1 Å². The number of likely N-dealkylation sites (tertiary alicyclic amines) is 1. The molecule has 4 rings (SSSR count). The van der Waals surface area contributed by atoms with E-state index in [9.17, 15) is 14.7 Å². The molecule has 0 radical (unpaired) electrons. The van der Waals surface area contributed by atoms with E-state index < -0.39 is 23.5 Å². The third-order valence-corrected chi connectivity index (χ3v) is 5.57. The molecule has 1 amide bonds. The summed E-state index contributed by atoms with van der Waals surface area (Å²) in [5, 5.41) is 11.6. The van der Waals surface area contributed by atoms with Gasteiger partial charge in [-0.25, -0.2) is 0 Å².